The van der Waals surface area contributed by atoms with Crippen LogP contribution >= 0.6 is 11.8 Å². The molecule has 110 valence electrons. The minimum atomic E-state index is 0.0480. The molecule has 1 amide bonds. The number of aromatic amines is 1. The van der Waals surface area contributed by atoms with Gasteiger partial charge in [0.25, 0.3) is 0 Å². The number of aromatic nitrogens is 3. The summed E-state index contributed by atoms with van der Waals surface area (Å²) in [6, 6.07) is 8.70. The Morgan fingerprint density at radius 2 is 2.24 bits per heavy atom. The van der Waals surface area contributed by atoms with Crippen molar-refractivity contribution in [1.29, 1.82) is 0 Å². The van der Waals surface area contributed by atoms with Gasteiger partial charge in [0.15, 0.2) is 0 Å². The number of hydrogen-bond acceptors (Lipinski definition) is 4. The van der Waals surface area contributed by atoms with Crippen molar-refractivity contribution in [2.24, 2.45) is 0 Å². The molecule has 21 heavy (non-hydrogen) atoms. The van der Waals surface area contributed by atoms with E-state index in [1.165, 1.54) is 22.9 Å². The Morgan fingerprint density at radius 3 is 3.00 bits per heavy atom. The number of fused-ring (bicyclic) bond motifs is 1. The van der Waals surface area contributed by atoms with Crippen LogP contribution in [0.2, 0.25) is 0 Å². The van der Waals surface area contributed by atoms with Crippen molar-refractivity contribution in [2.45, 2.75) is 37.4 Å². The van der Waals surface area contributed by atoms with Crippen LogP contribution in [0.15, 0.2) is 29.4 Å². The van der Waals surface area contributed by atoms with Gasteiger partial charge in [-0.3, -0.25) is 9.89 Å². The second-order valence-electron chi connectivity index (χ2n) is 5.27. The Labute approximate surface area is 127 Å². The van der Waals surface area contributed by atoms with E-state index in [1.807, 2.05) is 6.92 Å². The van der Waals surface area contributed by atoms with Crippen LogP contribution in [-0.2, 0) is 17.6 Å². The molecule has 2 N–H and O–H groups in total. The van der Waals surface area contributed by atoms with Crippen molar-refractivity contribution >= 4 is 17.7 Å². The Hall–Kier alpha value is -1.82. The van der Waals surface area contributed by atoms with Gasteiger partial charge in [0.1, 0.15) is 5.82 Å². The molecule has 1 aromatic carbocycles. The van der Waals surface area contributed by atoms with E-state index in [0.29, 0.717) is 10.9 Å². The zero-order valence-electron chi connectivity index (χ0n) is 11.9. The molecule has 1 atom stereocenters. The summed E-state index contributed by atoms with van der Waals surface area (Å²) in [5.74, 6) is 1.17. The van der Waals surface area contributed by atoms with Crippen LogP contribution in [0, 0.1) is 6.92 Å². The fourth-order valence-corrected chi connectivity index (χ4v) is 3.26. The van der Waals surface area contributed by atoms with Crippen molar-refractivity contribution in [3.05, 3.63) is 41.2 Å². The third kappa shape index (κ3) is 3.64. The lowest BCUT2D eigenvalue weighted by molar-refractivity contribution is -0.119. The van der Waals surface area contributed by atoms with E-state index in [2.05, 4.69) is 44.8 Å². The first-order chi connectivity index (χ1) is 10.2. The lowest BCUT2D eigenvalue weighted by atomic mass is 9.88. The highest BCUT2D eigenvalue weighted by atomic mass is 32.2. The number of thioether (sulfide) groups is 1. The van der Waals surface area contributed by atoms with Crippen molar-refractivity contribution in [3.8, 4) is 0 Å². The van der Waals surface area contributed by atoms with Crippen LogP contribution in [0.4, 0.5) is 0 Å². The molecular weight excluding hydrogens is 284 g/mol. The molecule has 0 saturated carbocycles. The van der Waals surface area contributed by atoms with Crippen LogP contribution in [0.1, 0.15) is 23.4 Å². The van der Waals surface area contributed by atoms with Crippen LogP contribution < -0.4 is 5.32 Å². The summed E-state index contributed by atoms with van der Waals surface area (Å²) in [5, 5.41) is 10.5. The number of nitrogens with zero attached hydrogens (tertiary/aromatic N) is 2. The number of carbonyl (C=O) groups excluding carboxylic acids is 1. The molecule has 0 radical (unpaired) electrons. The first-order valence-corrected chi connectivity index (χ1v) is 8.07. The number of amides is 1. The number of carbonyl (C=O) groups is 1. The van der Waals surface area contributed by atoms with Gasteiger partial charge < -0.3 is 5.32 Å². The molecule has 1 aliphatic rings. The van der Waals surface area contributed by atoms with Gasteiger partial charge in [0.2, 0.25) is 11.1 Å². The van der Waals surface area contributed by atoms with Gasteiger partial charge in [-0.2, -0.15) is 0 Å². The molecule has 1 aromatic heterocycles. The van der Waals surface area contributed by atoms with Crippen molar-refractivity contribution in [3.63, 3.8) is 0 Å². The number of nitrogens with one attached hydrogen (secondary N) is 2. The molecule has 5 nitrogen and oxygen atoms in total. The Balaban J connectivity index is 1.50. The second-order valence-corrected chi connectivity index (χ2v) is 6.21. The topological polar surface area (TPSA) is 70.7 Å². The Bertz CT molecular complexity index is 640. The summed E-state index contributed by atoms with van der Waals surface area (Å²) in [7, 11) is 0. The third-order valence-electron chi connectivity index (χ3n) is 3.62. The normalized spacial score (nSPS) is 17.3. The fourth-order valence-electron chi connectivity index (χ4n) is 2.61. The summed E-state index contributed by atoms with van der Waals surface area (Å²) in [4.78, 5) is 16.2. The van der Waals surface area contributed by atoms with Crippen LogP contribution in [0.5, 0.6) is 0 Å². The Morgan fingerprint density at radius 1 is 1.43 bits per heavy atom. The average Bonchev–Trinajstić information content (AvgIpc) is 2.91. The predicted octanol–water partition coefficient (Wildman–Crippen LogP) is 1.88. The summed E-state index contributed by atoms with van der Waals surface area (Å²) in [5.41, 5.74) is 2.76. The molecule has 1 heterocycles. The minimum Gasteiger partial charge on any atom is -0.352 e. The summed E-state index contributed by atoms with van der Waals surface area (Å²) >= 11 is 1.36. The smallest absolute Gasteiger partial charge is 0.230 e. The van der Waals surface area contributed by atoms with E-state index in [-0.39, 0.29) is 11.9 Å². The van der Waals surface area contributed by atoms with E-state index in [1.54, 1.807) is 0 Å². The largest absolute Gasteiger partial charge is 0.352 e. The highest BCUT2D eigenvalue weighted by molar-refractivity contribution is 7.99. The first-order valence-electron chi connectivity index (χ1n) is 7.08. The van der Waals surface area contributed by atoms with E-state index in [0.717, 1.165) is 25.1 Å². The van der Waals surface area contributed by atoms with Gasteiger partial charge in [0, 0.05) is 6.04 Å². The van der Waals surface area contributed by atoms with E-state index in [9.17, 15) is 4.79 Å². The highest BCUT2D eigenvalue weighted by Crippen LogP contribution is 2.21. The van der Waals surface area contributed by atoms with Crippen LogP contribution in [0.3, 0.4) is 0 Å². The molecule has 1 unspecified atom stereocenters. The minimum absolute atomic E-state index is 0.0480. The van der Waals surface area contributed by atoms with Crippen LogP contribution in [0.25, 0.3) is 0 Å². The maximum absolute atomic E-state index is 12.0. The lowest BCUT2D eigenvalue weighted by Crippen LogP contribution is -2.39. The van der Waals surface area contributed by atoms with Gasteiger partial charge in [0.05, 0.1) is 5.75 Å². The molecular formula is C15H18N4OS. The Kier molecular flexibility index (Phi) is 4.24. The maximum atomic E-state index is 12.0. The van der Waals surface area contributed by atoms with Crippen molar-refractivity contribution in [2.75, 3.05) is 5.75 Å². The van der Waals surface area contributed by atoms with Gasteiger partial charge in [-0.25, -0.2) is 4.98 Å². The zero-order valence-corrected chi connectivity index (χ0v) is 12.7. The molecule has 2 aromatic rings. The third-order valence-corrected chi connectivity index (χ3v) is 4.47. The first kappa shape index (κ1) is 14.1. The zero-order chi connectivity index (χ0) is 14.7. The van der Waals surface area contributed by atoms with Gasteiger partial charge in [-0.15, -0.1) is 5.10 Å². The van der Waals surface area contributed by atoms with Crippen molar-refractivity contribution < 1.29 is 4.79 Å². The van der Waals surface area contributed by atoms with E-state index >= 15 is 0 Å². The summed E-state index contributed by atoms with van der Waals surface area (Å²) in [6.45, 7) is 1.84. The number of aryl methyl sites for hydroxylation is 2. The number of rotatable bonds is 4. The SMILES string of the molecule is Cc1nc(SCC(=O)NC2CCc3ccccc3C2)n[nH]1. The van der Waals surface area contributed by atoms with E-state index in [4.69, 9.17) is 0 Å². The molecule has 0 bridgehead atoms. The molecule has 0 saturated heterocycles. The number of benzene rings is 1. The molecule has 6 heteroatoms. The molecule has 0 fully saturated rings. The monoisotopic (exact) mass is 302 g/mol. The quantitative estimate of drug-likeness (QED) is 0.846. The van der Waals surface area contributed by atoms with E-state index < -0.39 is 0 Å². The number of H-pyrrole nitrogens is 1. The number of hydrogen-bond donors (Lipinski definition) is 2. The summed E-state index contributed by atoms with van der Waals surface area (Å²) in [6.07, 6.45) is 2.97. The molecule has 0 aliphatic heterocycles. The van der Waals surface area contributed by atoms with Crippen molar-refractivity contribution in [1.82, 2.24) is 20.5 Å². The van der Waals surface area contributed by atoms with Gasteiger partial charge in [-0.05, 0) is 37.3 Å². The highest BCUT2D eigenvalue weighted by Gasteiger charge is 2.19. The molecule has 0 spiro atoms. The second kappa shape index (κ2) is 6.30. The molecule has 1 aliphatic carbocycles. The van der Waals surface area contributed by atoms with Crippen LogP contribution in [-0.4, -0.2) is 32.9 Å². The molecule has 3 rings (SSSR count). The maximum Gasteiger partial charge on any atom is 0.230 e. The standard InChI is InChI=1S/C15H18N4OS/c1-10-16-15(19-18-10)21-9-14(20)17-13-7-6-11-4-2-3-5-12(11)8-13/h2-5,13H,6-9H2,1H3,(H,17,20)(H,16,18,19). The lowest BCUT2D eigenvalue weighted by Gasteiger charge is -2.25. The average molecular weight is 302 g/mol. The van der Waals surface area contributed by atoms with Gasteiger partial charge in [-0.1, -0.05) is 36.0 Å². The van der Waals surface area contributed by atoms with Gasteiger partial charge >= 0.3 is 0 Å². The predicted molar refractivity (Wildman–Crippen MR) is 82.2 cm³/mol. The fraction of sp³-hybridized carbons (Fsp3) is 0.400. The summed E-state index contributed by atoms with van der Waals surface area (Å²) < 4.78 is 0.